The number of rotatable bonds is 6. The average molecular weight is 257 g/mol. The molecule has 0 unspecified atom stereocenters. The van der Waals surface area contributed by atoms with Crippen LogP contribution < -0.4 is 5.32 Å². The Hall–Kier alpha value is -1.14. The minimum absolute atomic E-state index is 0.0689. The third kappa shape index (κ3) is 5.46. The quantitative estimate of drug-likeness (QED) is 0.634. The van der Waals surface area contributed by atoms with Crippen LogP contribution in [0.4, 0.5) is 0 Å². The van der Waals surface area contributed by atoms with Crippen LogP contribution in [-0.2, 0) is 9.59 Å². The minimum Gasteiger partial charge on any atom is -0.480 e. The van der Waals surface area contributed by atoms with Gasteiger partial charge in [0.15, 0.2) is 0 Å². The van der Waals surface area contributed by atoms with Gasteiger partial charge < -0.3 is 15.3 Å². The van der Waals surface area contributed by atoms with Crippen molar-refractivity contribution in [3.05, 3.63) is 0 Å². The van der Waals surface area contributed by atoms with Crippen molar-refractivity contribution in [1.82, 2.24) is 15.1 Å². The number of carbonyl (C=O) groups is 2. The molecule has 0 aromatic heterocycles. The average Bonchev–Trinajstić information content (AvgIpc) is 2.54. The summed E-state index contributed by atoms with van der Waals surface area (Å²) >= 11 is 0. The Balaban J connectivity index is 2.32. The third-order valence-electron chi connectivity index (χ3n) is 3.07. The van der Waals surface area contributed by atoms with E-state index < -0.39 is 5.97 Å². The van der Waals surface area contributed by atoms with Gasteiger partial charge in [0.25, 0.3) is 0 Å². The fraction of sp³-hybridized carbons (Fsp3) is 0.833. The lowest BCUT2D eigenvalue weighted by Crippen LogP contribution is -2.37. The zero-order valence-corrected chi connectivity index (χ0v) is 11.0. The van der Waals surface area contributed by atoms with Gasteiger partial charge >= 0.3 is 5.97 Å². The molecule has 0 bridgehead atoms. The molecule has 1 heterocycles. The number of carbonyl (C=O) groups excluding carboxylic acids is 1. The van der Waals surface area contributed by atoms with Crippen LogP contribution in [0, 0.1) is 0 Å². The van der Waals surface area contributed by atoms with Crippen molar-refractivity contribution >= 4 is 11.9 Å². The fourth-order valence-corrected chi connectivity index (χ4v) is 2.10. The van der Waals surface area contributed by atoms with Crippen LogP contribution in [0.5, 0.6) is 0 Å². The Kier molecular flexibility index (Phi) is 6.67. The van der Waals surface area contributed by atoms with Gasteiger partial charge in [-0.1, -0.05) is 6.92 Å². The van der Waals surface area contributed by atoms with Gasteiger partial charge in [-0.05, 0) is 13.0 Å². The molecule has 6 heteroatoms. The third-order valence-corrected chi connectivity index (χ3v) is 3.07. The van der Waals surface area contributed by atoms with Gasteiger partial charge in [-0.15, -0.1) is 0 Å². The van der Waals surface area contributed by atoms with E-state index >= 15 is 0 Å². The van der Waals surface area contributed by atoms with Gasteiger partial charge in [0, 0.05) is 39.1 Å². The number of carboxylic acid groups (broad SMARTS) is 1. The molecule has 0 aliphatic carbocycles. The molecule has 0 aromatic rings. The summed E-state index contributed by atoms with van der Waals surface area (Å²) < 4.78 is 0. The van der Waals surface area contributed by atoms with E-state index in [4.69, 9.17) is 5.11 Å². The molecular weight excluding hydrogens is 234 g/mol. The van der Waals surface area contributed by atoms with Crippen LogP contribution in [0.15, 0.2) is 0 Å². The second-order valence-corrected chi connectivity index (χ2v) is 4.51. The zero-order chi connectivity index (χ0) is 13.4. The normalized spacial score (nSPS) is 17.5. The second-order valence-electron chi connectivity index (χ2n) is 4.51. The Labute approximate surface area is 108 Å². The van der Waals surface area contributed by atoms with Gasteiger partial charge in [-0.2, -0.15) is 0 Å². The molecule has 2 N–H and O–H groups in total. The molecule has 0 atom stereocenters. The number of nitrogens with one attached hydrogen (secondary N) is 1. The van der Waals surface area contributed by atoms with Crippen LogP contribution in [0.25, 0.3) is 0 Å². The SMILES string of the molecule is CCNCCC(=O)N1CCCN(CC(=O)O)CC1. The Morgan fingerprint density at radius 1 is 1.22 bits per heavy atom. The second kappa shape index (κ2) is 8.05. The van der Waals surface area contributed by atoms with E-state index in [0.29, 0.717) is 26.1 Å². The summed E-state index contributed by atoms with van der Waals surface area (Å²) in [6.07, 6.45) is 1.37. The van der Waals surface area contributed by atoms with Crippen LogP contribution in [0.1, 0.15) is 19.8 Å². The first kappa shape index (κ1) is 14.9. The summed E-state index contributed by atoms with van der Waals surface area (Å²) in [6.45, 7) is 6.45. The number of carboxylic acids is 1. The Morgan fingerprint density at radius 3 is 2.67 bits per heavy atom. The smallest absolute Gasteiger partial charge is 0.317 e. The van der Waals surface area contributed by atoms with Crippen LogP contribution in [-0.4, -0.2) is 72.6 Å². The van der Waals surface area contributed by atoms with Crippen molar-refractivity contribution in [2.24, 2.45) is 0 Å². The van der Waals surface area contributed by atoms with E-state index in [-0.39, 0.29) is 12.5 Å². The molecule has 1 aliphatic heterocycles. The summed E-state index contributed by atoms with van der Waals surface area (Å²) in [5, 5.41) is 11.9. The molecule has 1 rings (SSSR count). The van der Waals surface area contributed by atoms with Crippen LogP contribution in [0.3, 0.4) is 0 Å². The van der Waals surface area contributed by atoms with E-state index in [1.807, 2.05) is 16.7 Å². The molecule has 18 heavy (non-hydrogen) atoms. The molecular formula is C12H23N3O3. The standard InChI is InChI=1S/C12H23N3O3/c1-2-13-5-4-11(16)15-7-3-6-14(8-9-15)10-12(17)18/h13H,2-10H2,1H3,(H,17,18). The monoisotopic (exact) mass is 257 g/mol. The lowest BCUT2D eigenvalue weighted by atomic mass is 10.3. The number of hydrogen-bond acceptors (Lipinski definition) is 4. The topological polar surface area (TPSA) is 72.9 Å². The highest BCUT2D eigenvalue weighted by molar-refractivity contribution is 5.76. The van der Waals surface area contributed by atoms with Crippen LogP contribution in [0.2, 0.25) is 0 Å². The van der Waals surface area contributed by atoms with Gasteiger partial charge in [0.05, 0.1) is 6.54 Å². The number of hydrogen-bond donors (Lipinski definition) is 2. The number of amides is 1. The lowest BCUT2D eigenvalue weighted by molar-refractivity contribution is -0.138. The Morgan fingerprint density at radius 2 is 2.00 bits per heavy atom. The summed E-state index contributed by atoms with van der Waals surface area (Å²) in [4.78, 5) is 26.3. The number of aliphatic carboxylic acids is 1. The largest absolute Gasteiger partial charge is 0.480 e. The molecule has 1 amide bonds. The van der Waals surface area contributed by atoms with E-state index in [1.54, 1.807) is 0 Å². The van der Waals surface area contributed by atoms with Crippen molar-refractivity contribution in [1.29, 1.82) is 0 Å². The highest BCUT2D eigenvalue weighted by Gasteiger charge is 2.19. The van der Waals surface area contributed by atoms with Gasteiger partial charge in [0.1, 0.15) is 0 Å². The zero-order valence-electron chi connectivity index (χ0n) is 11.0. The molecule has 1 fully saturated rings. The molecule has 104 valence electrons. The van der Waals surface area contributed by atoms with E-state index in [1.165, 1.54) is 0 Å². The Bertz CT molecular complexity index is 284. The minimum atomic E-state index is -0.804. The molecule has 0 radical (unpaired) electrons. The van der Waals surface area contributed by atoms with Crippen molar-refractivity contribution in [2.45, 2.75) is 19.8 Å². The summed E-state index contributed by atoms with van der Waals surface area (Å²) in [5.41, 5.74) is 0. The maximum Gasteiger partial charge on any atom is 0.317 e. The van der Waals surface area contributed by atoms with E-state index in [0.717, 1.165) is 26.1 Å². The summed E-state index contributed by atoms with van der Waals surface area (Å²) in [6, 6.07) is 0. The highest BCUT2D eigenvalue weighted by Crippen LogP contribution is 2.04. The highest BCUT2D eigenvalue weighted by atomic mass is 16.4. The molecule has 1 aliphatic rings. The van der Waals surface area contributed by atoms with Crippen molar-refractivity contribution in [2.75, 3.05) is 45.8 Å². The molecule has 0 spiro atoms. The van der Waals surface area contributed by atoms with E-state index in [9.17, 15) is 9.59 Å². The van der Waals surface area contributed by atoms with Gasteiger partial charge in [0.2, 0.25) is 5.91 Å². The van der Waals surface area contributed by atoms with Crippen molar-refractivity contribution in [3.8, 4) is 0 Å². The summed E-state index contributed by atoms with van der Waals surface area (Å²) in [5.74, 6) is -0.643. The molecule has 0 aromatic carbocycles. The lowest BCUT2D eigenvalue weighted by Gasteiger charge is -2.21. The van der Waals surface area contributed by atoms with Crippen LogP contribution >= 0.6 is 0 Å². The first-order chi connectivity index (χ1) is 8.63. The van der Waals surface area contributed by atoms with E-state index in [2.05, 4.69) is 5.32 Å². The first-order valence-corrected chi connectivity index (χ1v) is 6.56. The van der Waals surface area contributed by atoms with Crippen molar-refractivity contribution < 1.29 is 14.7 Å². The van der Waals surface area contributed by atoms with Crippen molar-refractivity contribution in [3.63, 3.8) is 0 Å². The maximum atomic E-state index is 11.9. The first-order valence-electron chi connectivity index (χ1n) is 6.56. The van der Waals surface area contributed by atoms with Gasteiger partial charge in [-0.25, -0.2) is 0 Å². The molecule has 1 saturated heterocycles. The summed E-state index contributed by atoms with van der Waals surface area (Å²) in [7, 11) is 0. The molecule has 0 saturated carbocycles. The molecule has 6 nitrogen and oxygen atoms in total. The fourth-order valence-electron chi connectivity index (χ4n) is 2.10. The predicted molar refractivity (Wildman–Crippen MR) is 68.4 cm³/mol. The predicted octanol–water partition coefficient (Wildman–Crippen LogP) is -0.395. The number of nitrogens with zero attached hydrogens (tertiary/aromatic N) is 2. The maximum absolute atomic E-state index is 11.9. The van der Waals surface area contributed by atoms with Gasteiger partial charge in [-0.3, -0.25) is 14.5 Å².